The molecule has 29 heavy (non-hydrogen) atoms. The molecule has 3 aliphatic rings. The van der Waals surface area contributed by atoms with Crippen molar-refractivity contribution >= 4 is 29.3 Å². The van der Waals surface area contributed by atoms with Crippen molar-refractivity contribution in [2.24, 2.45) is 5.92 Å². The van der Waals surface area contributed by atoms with Crippen molar-refractivity contribution < 1.29 is 9.53 Å². The molecule has 0 spiro atoms. The second-order valence-corrected chi connectivity index (χ2v) is 7.99. The molecule has 1 saturated carbocycles. The van der Waals surface area contributed by atoms with Gasteiger partial charge in [0.15, 0.2) is 5.65 Å². The lowest BCUT2D eigenvalue weighted by molar-refractivity contribution is -0.118. The first-order chi connectivity index (χ1) is 14.2. The van der Waals surface area contributed by atoms with E-state index < -0.39 is 0 Å². The summed E-state index contributed by atoms with van der Waals surface area (Å²) in [5.74, 6) is 2.61. The van der Waals surface area contributed by atoms with E-state index in [2.05, 4.69) is 33.3 Å². The molecule has 0 atom stereocenters. The molecule has 3 fully saturated rings. The van der Waals surface area contributed by atoms with Crippen LogP contribution < -0.4 is 15.5 Å². The first-order valence-corrected chi connectivity index (χ1v) is 10.3. The van der Waals surface area contributed by atoms with Gasteiger partial charge in [0.05, 0.1) is 19.2 Å². The molecular formula is C21H26N6O2. The van der Waals surface area contributed by atoms with Gasteiger partial charge >= 0.3 is 0 Å². The molecule has 152 valence electrons. The maximum atomic E-state index is 11.7. The lowest BCUT2D eigenvalue weighted by atomic mass is 10.1. The topological polar surface area (TPSA) is 83.8 Å². The van der Waals surface area contributed by atoms with Crippen LogP contribution in [-0.2, 0) is 9.53 Å². The van der Waals surface area contributed by atoms with Crippen LogP contribution in [0.25, 0.3) is 11.7 Å². The zero-order valence-corrected chi connectivity index (χ0v) is 16.5. The number of amides is 1. The summed E-state index contributed by atoms with van der Waals surface area (Å²) in [5, 5.41) is 10.9. The number of anilines is 2. The minimum absolute atomic E-state index is 0.0253. The summed E-state index contributed by atoms with van der Waals surface area (Å²) < 4.78 is 7.47. The van der Waals surface area contributed by atoms with Crippen molar-refractivity contribution in [1.29, 1.82) is 0 Å². The molecule has 8 nitrogen and oxygen atoms in total. The van der Waals surface area contributed by atoms with Crippen molar-refractivity contribution in [3.63, 3.8) is 0 Å². The second-order valence-electron chi connectivity index (χ2n) is 7.99. The summed E-state index contributed by atoms with van der Waals surface area (Å²) in [4.78, 5) is 18.9. The molecule has 0 aromatic carbocycles. The largest absolute Gasteiger partial charge is 0.380 e. The van der Waals surface area contributed by atoms with Crippen LogP contribution in [-0.4, -0.2) is 53.4 Å². The first-order valence-electron chi connectivity index (χ1n) is 10.3. The van der Waals surface area contributed by atoms with Crippen molar-refractivity contribution in [2.45, 2.75) is 25.7 Å². The Morgan fingerprint density at radius 3 is 3.03 bits per heavy atom. The van der Waals surface area contributed by atoms with Crippen LogP contribution in [0.5, 0.6) is 0 Å². The average molecular weight is 394 g/mol. The highest BCUT2D eigenvalue weighted by molar-refractivity contribution is 5.89. The number of nitrogens with one attached hydrogen (secondary N) is 2. The normalized spacial score (nSPS) is 21.7. The molecule has 2 saturated heterocycles. The second kappa shape index (κ2) is 7.51. The monoisotopic (exact) mass is 394 g/mol. The zero-order valence-electron chi connectivity index (χ0n) is 16.5. The predicted molar refractivity (Wildman–Crippen MR) is 112 cm³/mol. The molecular weight excluding hydrogens is 368 g/mol. The minimum atomic E-state index is -0.0253. The molecule has 0 radical (unpaired) electrons. The Bertz CT molecular complexity index is 982. The van der Waals surface area contributed by atoms with Gasteiger partial charge in [-0.2, -0.15) is 9.61 Å². The van der Waals surface area contributed by atoms with Crippen LogP contribution in [0.4, 0.5) is 11.6 Å². The fourth-order valence-electron chi connectivity index (χ4n) is 3.80. The maximum absolute atomic E-state index is 11.7. The molecule has 2 aliphatic heterocycles. The number of carbonyl (C=O) groups excluding carboxylic acids is 1. The number of ether oxygens (including phenoxy) is 1. The van der Waals surface area contributed by atoms with Crippen molar-refractivity contribution in [3.05, 3.63) is 35.7 Å². The van der Waals surface area contributed by atoms with Crippen LogP contribution >= 0.6 is 0 Å². The van der Waals surface area contributed by atoms with E-state index in [1.807, 2.05) is 16.8 Å². The molecule has 5 rings (SSSR count). The van der Waals surface area contributed by atoms with Gasteiger partial charge < -0.3 is 20.3 Å². The number of fused-ring (bicyclic) bond motifs is 1. The first kappa shape index (κ1) is 18.2. The van der Waals surface area contributed by atoms with Gasteiger partial charge in [0.2, 0.25) is 5.91 Å². The number of hydrogen-bond donors (Lipinski definition) is 2. The third-order valence-electron chi connectivity index (χ3n) is 5.66. The van der Waals surface area contributed by atoms with Crippen LogP contribution in [0, 0.1) is 5.92 Å². The molecule has 4 heterocycles. The Balaban J connectivity index is 1.55. The van der Waals surface area contributed by atoms with E-state index in [1.54, 1.807) is 0 Å². The fraction of sp³-hybridized carbons (Fsp3) is 0.476. The average Bonchev–Trinajstić information content (AvgIpc) is 3.44. The Morgan fingerprint density at radius 1 is 1.34 bits per heavy atom. The summed E-state index contributed by atoms with van der Waals surface area (Å²) in [6.45, 7) is 8.14. The van der Waals surface area contributed by atoms with E-state index in [0.29, 0.717) is 18.7 Å². The van der Waals surface area contributed by atoms with Gasteiger partial charge in [-0.3, -0.25) is 4.79 Å². The van der Waals surface area contributed by atoms with E-state index >= 15 is 0 Å². The lowest BCUT2D eigenvalue weighted by Gasteiger charge is -2.22. The summed E-state index contributed by atoms with van der Waals surface area (Å²) in [6, 6.07) is 2.09. The van der Waals surface area contributed by atoms with Gasteiger partial charge in [-0.25, -0.2) is 4.98 Å². The van der Waals surface area contributed by atoms with E-state index in [0.717, 1.165) is 67.0 Å². The molecule has 2 aromatic heterocycles. The smallest absolute Gasteiger partial charge is 0.228 e. The highest BCUT2D eigenvalue weighted by Gasteiger charge is 2.23. The van der Waals surface area contributed by atoms with Crippen molar-refractivity contribution in [3.8, 4) is 0 Å². The number of hydrogen-bond acceptors (Lipinski definition) is 6. The minimum Gasteiger partial charge on any atom is -0.380 e. The van der Waals surface area contributed by atoms with Crippen LogP contribution in [0.2, 0.25) is 0 Å². The standard InChI is InChI=1S/C21H26N6O2/c1-14-16(10-20(28)24-14)9-17-13-23-27-18(22-12-15-3-4-15)11-19(25-21(17)27)26-5-2-7-29-8-6-26/h9,11,13,15,22H,1-8,10,12H2,(H,24,28)/b16-9+. The molecule has 2 N–H and O–H groups in total. The Hall–Kier alpha value is -2.87. The van der Waals surface area contributed by atoms with Crippen LogP contribution in [0.3, 0.4) is 0 Å². The summed E-state index contributed by atoms with van der Waals surface area (Å²) in [6.07, 6.45) is 7.68. The zero-order chi connectivity index (χ0) is 19.8. The molecule has 1 aliphatic carbocycles. The predicted octanol–water partition coefficient (Wildman–Crippen LogP) is 2.19. The van der Waals surface area contributed by atoms with E-state index in [4.69, 9.17) is 9.72 Å². The van der Waals surface area contributed by atoms with Crippen molar-refractivity contribution in [1.82, 2.24) is 19.9 Å². The number of allylic oxidation sites excluding steroid dienone is 1. The Labute approximate surface area is 169 Å². The highest BCUT2D eigenvalue weighted by Crippen LogP contribution is 2.30. The quantitative estimate of drug-likeness (QED) is 0.809. The Morgan fingerprint density at radius 2 is 2.24 bits per heavy atom. The van der Waals surface area contributed by atoms with Gasteiger partial charge in [0, 0.05) is 43.6 Å². The van der Waals surface area contributed by atoms with Crippen LogP contribution in [0.15, 0.2) is 30.1 Å². The third-order valence-corrected chi connectivity index (χ3v) is 5.66. The number of carbonyl (C=O) groups is 1. The number of nitrogens with zero attached hydrogens (tertiary/aromatic N) is 4. The Kier molecular flexibility index (Phi) is 4.71. The number of aromatic nitrogens is 3. The van der Waals surface area contributed by atoms with Gasteiger partial charge in [-0.1, -0.05) is 6.58 Å². The van der Waals surface area contributed by atoms with Gasteiger partial charge in [-0.15, -0.1) is 0 Å². The molecule has 2 aromatic rings. The summed E-state index contributed by atoms with van der Waals surface area (Å²) in [5.41, 5.74) is 3.21. The number of rotatable bonds is 5. The van der Waals surface area contributed by atoms with Crippen LogP contribution in [0.1, 0.15) is 31.2 Å². The molecule has 0 bridgehead atoms. The van der Waals surface area contributed by atoms with Gasteiger partial charge in [0.25, 0.3) is 0 Å². The SMILES string of the molecule is C=C1NC(=O)C/C1=C\c1cnn2c(NCC3CC3)cc(N3CCCOCC3)nc12. The molecule has 8 heteroatoms. The highest BCUT2D eigenvalue weighted by atomic mass is 16.5. The van der Waals surface area contributed by atoms with Gasteiger partial charge in [-0.05, 0) is 36.8 Å². The van der Waals surface area contributed by atoms with Crippen molar-refractivity contribution in [2.75, 3.05) is 43.1 Å². The maximum Gasteiger partial charge on any atom is 0.228 e. The lowest BCUT2D eigenvalue weighted by Crippen LogP contribution is -2.27. The third kappa shape index (κ3) is 3.85. The van der Waals surface area contributed by atoms with Gasteiger partial charge in [0.1, 0.15) is 11.6 Å². The summed E-state index contributed by atoms with van der Waals surface area (Å²) in [7, 11) is 0. The molecule has 1 amide bonds. The fourth-order valence-corrected chi connectivity index (χ4v) is 3.80. The van der Waals surface area contributed by atoms with E-state index in [-0.39, 0.29) is 5.91 Å². The van der Waals surface area contributed by atoms with E-state index in [1.165, 1.54) is 12.8 Å². The molecule has 0 unspecified atom stereocenters. The summed E-state index contributed by atoms with van der Waals surface area (Å²) >= 11 is 0. The van der Waals surface area contributed by atoms with E-state index in [9.17, 15) is 4.79 Å².